The van der Waals surface area contributed by atoms with Crippen molar-refractivity contribution in [3.8, 4) is 11.1 Å². The Morgan fingerprint density at radius 3 is 2.13 bits per heavy atom. The second-order valence-corrected chi connectivity index (χ2v) is 10.2. The van der Waals surface area contributed by atoms with Crippen LogP contribution in [0.5, 0.6) is 0 Å². The number of nitrogens with one attached hydrogen (secondary N) is 3. The van der Waals surface area contributed by atoms with Crippen LogP contribution in [0.25, 0.3) is 11.1 Å². The number of carbonyl (C=O) groups is 2. The van der Waals surface area contributed by atoms with Gasteiger partial charge in [-0.05, 0) is 53.4 Å². The molecule has 0 saturated heterocycles. The molecule has 3 aromatic rings. The van der Waals surface area contributed by atoms with Crippen LogP contribution in [0.4, 0.5) is 24.7 Å². The zero-order valence-corrected chi connectivity index (χ0v) is 21.9. The summed E-state index contributed by atoms with van der Waals surface area (Å²) in [4.78, 5) is 28.3. The lowest BCUT2D eigenvalue weighted by Crippen LogP contribution is -2.53. The number of halogens is 4. The monoisotopic (exact) mass is 548 g/mol. The molecule has 0 bridgehead atoms. The quantitative estimate of drug-likeness (QED) is 0.273. The van der Waals surface area contributed by atoms with E-state index in [0.29, 0.717) is 11.4 Å². The van der Waals surface area contributed by atoms with Gasteiger partial charge in [0, 0.05) is 29.9 Å². The Morgan fingerprint density at radius 1 is 0.974 bits per heavy atom. The Bertz CT molecular complexity index is 1290. The van der Waals surface area contributed by atoms with Gasteiger partial charge in [0.05, 0.1) is 16.6 Å². The zero-order valence-electron chi connectivity index (χ0n) is 21.2. The van der Waals surface area contributed by atoms with E-state index in [2.05, 4.69) is 20.9 Å². The van der Waals surface area contributed by atoms with Gasteiger partial charge in [-0.15, -0.1) is 0 Å². The van der Waals surface area contributed by atoms with Crippen LogP contribution in [0, 0.1) is 5.41 Å². The van der Waals surface area contributed by atoms with E-state index in [1.807, 2.05) is 0 Å². The number of pyridine rings is 1. The van der Waals surface area contributed by atoms with E-state index in [9.17, 15) is 27.9 Å². The molecule has 2 amide bonds. The van der Waals surface area contributed by atoms with Crippen LogP contribution in [0.2, 0.25) is 5.02 Å². The number of hydrogen-bond donors (Lipinski definition) is 4. The topological polar surface area (TPSA) is 103 Å². The minimum atomic E-state index is -4.66. The number of hydrogen-bond acceptors (Lipinski definition) is 5. The van der Waals surface area contributed by atoms with Gasteiger partial charge in [-0.25, -0.2) is 4.98 Å². The third-order valence-corrected chi connectivity index (χ3v) is 6.00. The third kappa shape index (κ3) is 7.45. The van der Waals surface area contributed by atoms with E-state index in [-0.39, 0.29) is 11.6 Å². The maximum absolute atomic E-state index is 13.2. The first-order chi connectivity index (χ1) is 17.6. The molecule has 0 aliphatic heterocycles. The molecule has 0 fully saturated rings. The van der Waals surface area contributed by atoms with E-state index in [0.717, 1.165) is 23.3 Å². The zero-order chi connectivity index (χ0) is 28.3. The molecule has 11 heteroatoms. The summed E-state index contributed by atoms with van der Waals surface area (Å²) in [5.74, 6) is -0.275. The number of nitrogens with zero attached hydrogens (tertiary/aromatic N) is 1. The van der Waals surface area contributed by atoms with Crippen molar-refractivity contribution in [1.29, 1.82) is 0 Å². The van der Waals surface area contributed by atoms with Gasteiger partial charge >= 0.3 is 6.18 Å². The predicted octanol–water partition coefficient (Wildman–Crippen LogP) is 5.95. The van der Waals surface area contributed by atoms with Crippen LogP contribution in [0.1, 0.15) is 43.6 Å². The first kappa shape index (κ1) is 28.9. The maximum Gasteiger partial charge on any atom is 0.417 e. The van der Waals surface area contributed by atoms with Gasteiger partial charge in [-0.2, -0.15) is 13.2 Å². The SMILES string of the molecule is CC(=O)Nc1ccc(-c2ccc(C(=O)N[C@H]([C@H](O)Nc3ccc(Cl)c(C(F)(F)F)c3)C(C)(C)C)cc2)cn1. The molecule has 3 rings (SSSR count). The molecule has 38 heavy (non-hydrogen) atoms. The van der Waals surface area contributed by atoms with Crippen LogP contribution < -0.4 is 16.0 Å². The second kappa shape index (κ2) is 11.4. The summed E-state index contributed by atoms with van der Waals surface area (Å²) in [6.45, 7) is 6.74. The highest BCUT2D eigenvalue weighted by atomic mass is 35.5. The second-order valence-electron chi connectivity index (χ2n) is 9.79. The molecule has 7 nitrogen and oxygen atoms in total. The van der Waals surface area contributed by atoms with Gasteiger partial charge in [-0.3, -0.25) is 9.59 Å². The van der Waals surface area contributed by atoms with Crippen LogP contribution in [-0.4, -0.2) is 34.2 Å². The number of anilines is 2. The lowest BCUT2D eigenvalue weighted by molar-refractivity contribution is -0.137. The van der Waals surface area contributed by atoms with Crippen LogP contribution in [-0.2, 0) is 11.0 Å². The Kier molecular flexibility index (Phi) is 8.68. The number of amides is 2. The van der Waals surface area contributed by atoms with Gasteiger partial charge in [0.25, 0.3) is 5.91 Å². The Balaban J connectivity index is 1.74. The minimum Gasteiger partial charge on any atom is -0.372 e. The highest BCUT2D eigenvalue weighted by Crippen LogP contribution is 2.36. The third-order valence-electron chi connectivity index (χ3n) is 5.67. The highest BCUT2D eigenvalue weighted by molar-refractivity contribution is 6.31. The minimum absolute atomic E-state index is 0.000192. The standard InChI is InChI=1S/C27H28ClF3N4O3/c1-15(36)33-22-12-9-18(14-32-22)16-5-7-17(8-6-16)24(37)35-23(26(2,3)4)25(38)34-19-10-11-21(28)20(13-19)27(29,30)31/h5-14,23,25,34,38H,1-4H3,(H,35,37)(H,32,33,36)/t23-,25+/m1/s1. The molecule has 4 N–H and O–H groups in total. The Morgan fingerprint density at radius 2 is 1.61 bits per heavy atom. The molecule has 2 aromatic carbocycles. The van der Waals surface area contributed by atoms with Crippen LogP contribution in [0.3, 0.4) is 0 Å². The molecule has 0 unspecified atom stereocenters. The van der Waals surface area contributed by atoms with Crippen molar-refractivity contribution < 1.29 is 27.9 Å². The van der Waals surface area contributed by atoms with Gasteiger partial charge in [0.2, 0.25) is 5.91 Å². The molecule has 0 saturated carbocycles. The van der Waals surface area contributed by atoms with Crippen molar-refractivity contribution in [3.05, 3.63) is 76.9 Å². The Labute approximate surface area is 223 Å². The number of alkyl halides is 3. The van der Waals surface area contributed by atoms with E-state index >= 15 is 0 Å². The number of rotatable bonds is 7. The van der Waals surface area contributed by atoms with E-state index in [4.69, 9.17) is 11.6 Å². The lowest BCUT2D eigenvalue weighted by atomic mass is 9.85. The predicted molar refractivity (Wildman–Crippen MR) is 141 cm³/mol. The maximum atomic E-state index is 13.2. The number of aromatic nitrogens is 1. The van der Waals surface area contributed by atoms with Crippen molar-refractivity contribution in [2.75, 3.05) is 10.6 Å². The summed E-state index contributed by atoms with van der Waals surface area (Å²) in [5.41, 5.74) is 0.194. The van der Waals surface area contributed by atoms with E-state index in [1.165, 1.54) is 13.0 Å². The average molecular weight is 549 g/mol. The molecule has 1 heterocycles. The summed E-state index contributed by atoms with van der Waals surface area (Å²) in [6, 6.07) is 12.5. The number of aliphatic hydroxyl groups excluding tert-OH is 1. The van der Waals surface area contributed by atoms with E-state index < -0.39 is 40.4 Å². The van der Waals surface area contributed by atoms with Gasteiger partial charge in [0.15, 0.2) is 0 Å². The van der Waals surface area contributed by atoms with Gasteiger partial charge in [0.1, 0.15) is 12.0 Å². The molecule has 2 atom stereocenters. The largest absolute Gasteiger partial charge is 0.417 e. The van der Waals surface area contributed by atoms with Crippen molar-refractivity contribution in [3.63, 3.8) is 0 Å². The van der Waals surface area contributed by atoms with Crippen LogP contribution >= 0.6 is 11.6 Å². The summed E-state index contributed by atoms with van der Waals surface area (Å²) in [6.07, 6.45) is -4.47. The van der Waals surface area contributed by atoms with Gasteiger partial charge in [-0.1, -0.05) is 44.5 Å². The summed E-state index contributed by atoms with van der Waals surface area (Å²) >= 11 is 5.68. The smallest absolute Gasteiger partial charge is 0.372 e. The lowest BCUT2D eigenvalue weighted by Gasteiger charge is -2.36. The van der Waals surface area contributed by atoms with E-state index in [1.54, 1.807) is 63.4 Å². The van der Waals surface area contributed by atoms with Crippen molar-refractivity contribution in [1.82, 2.24) is 10.3 Å². The molecule has 0 spiro atoms. The molecule has 0 aliphatic carbocycles. The first-order valence-corrected chi connectivity index (χ1v) is 12.0. The van der Waals surface area contributed by atoms with Crippen molar-refractivity contribution in [2.24, 2.45) is 5.41 Å². The molecule has 0 aliphatic rings. The summed E-state index contributed by atoms with van der Waals surface area (Å²) in [5, 5.41) is 18.4. The fraction of sp³-hybridized carbons (Fsp3) is 0.296. The summed E-state index contributed by atoms with van der Waals surface area (Å²) < 4.78 is 39.7. The fourth-order valence-electron chi connectivity index (χ4n) is 3.71. The average Bonchev–Trinajstić information content (AvgIpc) is 2.82. The van der Waals surface area contributed by atoms with Crippen molar-refractivity contribution >= 4 is 34.9 Å². The molecule has 0 radical (unpaired) electrons. The fourth-order valence-corrected chi connectivity index (χ4v) is 3.94. The Hall–Kier alpha value is -3.63. The highest BCUT2D eigenvalue weighted by Gasteiger charge is 2.35. The molecular formula is C27H28ClF3N4O3. The van der Waals surface area contributed by atoms with Crippen molar-refractivity contribution in [2.45, 2.75) is 46.1 Å². The number of carbonyl (C=O) groups excluding carboxylic acids is 2. The number of aliphatic hydroxyl groups is 1. The molecular weight excluding hydrogens is 521 g/mol. The molecule has 1 aromatic heterocycles. The number of benzene rings is 2. The first-order valence-electron chi connectivity index (χ1n) is 11.6. The summed E-state index contributed by atoms with van der Waals surface area (Å²) in [7, 11) is 0. The van der Waals surface area contributed by atoms with Gasteiger partial charge < -0.3 is 21.1 Å². The normalized spacial score (nSPS) is 13.4. The molecule has 202 valence electrons. The van der Waals surface area contributed by atoms with Crippen LogP contribution in [0.15, 0.2) is 60.8 Å².